The van der Waals surface area contributed by atoms with E-state index >= 15 is 0 Å². The molecule has 0 spiro atoms. The first-order valence-corrected chi connectivity index (χ1v) is 10.2. The Balaban J connectivity index is 1.45. The molecule has 3 aromatic heterocycles. The zero-order valence-corrected chi connectivity index (χ0v) is 16.7. The second-order valence-corrected chi connectivity index (χ2v) is 7.70. The van der Waals surface area contributed by atoms with Crippen molar-refractivity contribution in [2.24, 2.45) is 0 Å². The third-order valence-corrected chi connectivity index (χ3v) is 5.83. The van der Waals surface area contributed by atoms with Crippen LogP contribution in [0.1, 0.15) is 23.5 Å². The van der Waals surface area contributed by atoms with E-state index in [2.05, 4.69) is 5.10 Å². The second-order valence-electron chi connectivity index (χ2n) is 6.75. The Bertz CT molecular complexity index is 1050. The van der Waals surface area contributed by atoms with Gasteiger partial charge in [0.2, 0.25) is 5.91 Å². The summed E-state index contributed by atoms with van der Waals surface area (Å²) >= 11 is 1.52. The van der Waals surface area contributed by atoms with Crippen molar-refractivity contribution < 1.29 is 14.0 Å². The van der Waals surface area contributed by atoms with Crippen LogP contribution in [0.25, 0.3) is 10.6 Å². The number of hydrogen-bond acceptors (Lipinski definition) is 6. The van der Waals surface area contributed by atoms with Gasteiger partial charge in [-0.15, -0.1) is 11.3 Å². The normalized spacial score (nSPS) is 15.3. The van der Waals surface area contributed by atoms with E-state index in [-0.39, 0.29) is 17.4 Å². The molecule has 0 aromatic carbocycles. The number of aromatic nitrogens is 2. The minimum absolute atomic E-state index is 0.184. The van der Waals surface area contributed by atoms with Crippen molar-refractivity contribution in [3.05, 3.63) is 64.2 Å². The SMILES string of the molecule is CC(C(=O)N1CCN(C(=O)c2ccco2)CC1)n1nc(-c2cccs2)ccc1=O. The molecule has 0 saturated carbocycles. The molecule has 0 bridgehead atoms. The van der Waals surface area contributed by atoms with Crippen LogP contribution in [0.15, 0.2) is 57.3 Å². The highest BCUT2D eigenvalue weighted by molar-refractivity contribution is 7.13. The number of piperazine rings is 1. The fourth-order valence-corrected chi connectivity index (χ4v) is 4.00. The lowest BCUT2D eigenvalue weighted by molar-refractivity contribution is -0.136. The fraction of sp³-hybridized carbons (Fsp3) is 0.300. The maximum atomic E-state index is 13.0. The van der Waals surface area contributed by atoms with Gasteiger partial charge in [0.15, 0.2) is 5.76 Å². The van der Waals surface area contributed by atoms with Gasteiger partial charge in [-0.25, -0.2) is 4.68 Å². The Morgan fingerprint density at radius 1 is 1.07 bits per heavy atom. The van der Waals surface area contributed by atoms with E-state index in [1.807, 2.05) is 17.5 Å². The summed E-state index contributed by atoms with van der Waals surface area (Å²) < 4.78 is 6.39. The number of carbonyl (C=O) groups excluding carboxylic acids is 2. The predicted molar refractivity (Wildman–Crippen MR) is 108 cm³/mol. The average Bonchev–Trinajstić information content (AvgIpc) is 3.47. The Morgan fingerprint density at radius 3 is 2.48 bits per heavy atom. The maximum Gasteiger partial charge on any atom is 0.289 e. The molecule has 29 heavy (non-hydrogen) atoms. The summed E-state index contributed by atoms with van der Waals surface area (Å²) in [6.45, 7) is 3.30. The highest BCUT2D eigenvalue weighted by atomic mass is 32.1. The van der Waals surface area contributed by atoms with Gasteiger partial charge in [0.25, 0.3) is 11.5 Å². The summed E-state index contributed by atoms with van der Waals surface area (Å²) in [5, 5.41) is 6.33. The van der Waals surface area contributed by atoms with E-state index in [4.69, 9.17) is 4.42 Å². The molecule has 1 fully saturated rings. The van der Waals surface area contributed by atoms with Gasteiger partial charge in [0.05, 0.1) is 11.1 Å². The van der Waals surface area contributed by atoms with Gasteiger partial charge in [-0.1, -0.05) is 6.07 Å². The Morgan fingerprint density at radius 2 is 1.83 bits per heavy atom. The van der Waals surface area contributed by atoms with Crippen LogP contribution < -0.4 is 5.56 Å². The Kier molecular flexibility index (Phi) is 5.30. The molecule has 2 amide bonds. The second kappa shape index (κ2) is 8.04. The summed E-state index contributed by atoms with van der Waals surface area (Å²) in [5.41, 5.74) is 0.339. The number of furan rings is 1. The van der Waals surface area contributed by atoms with E-state index < -0.39 is 6.04 Å². The number of rotatable bonds is 4. The molecule has 1 unspecified atom stereocenters. The van der Waals surface area contributed by atoms with Gasteiger partial charge in [0, 0.05) is 32.2 Å². The van der Waals surface area contributed by atoms with Crippen molar-refractivity contribution in [1.82, 2.24) is 19.6 Å². The van der Waals surface area contributed by atoms with E-state index in [1.165, 1.54) is 28.3 Å². The van der Waals surface area contributed by atoms with Crippen molar-refractivity contribution >= 4 is 23.2 Å². The first-order chi connectivity index (χ1) is 14.0. The largest absolute Gasteiger partial charge is 0.459 e. The Labute approximate surface area is 171 Å². The third-order valence-electron chi connectivity index (χ3n) is 4.93. The summed E-state index contributed by atoms with van der Waals surface area (Å²) in [5.74, 6) is -0.0796. The zero-order valence-electron chi connectivity index (χ0n) is 15.9. The van der Waals surface area contributed by atoms with Crippen LogP contribution in [-0.4, -0.2) is 57.6 Å². The smallest absolute Gasteiger partial charge is 0.289 e. The quantitative estimate of drug-likeness (QED) is 0.655. The number of nitrogens with zero attached hydrogens (tertiary/aromatic N) is 4. The zero-order chi connectivity index (χ0) is 20.4. The van der Waals surface area contributed by atoms with Crippen LogP contribution in [0.2, 0.25) is 0 Å². The van der Waals surface area contributed by atoms with Gasteiger partial charge >= 0.3 is 0 Å². The molecule has 9 heteroatoms. The van der Waals surface area contributed by atoms with Crippen LogP contribution >= 0.6 is 11.3 Å². The number of thiophene rings is 1. The van der Waals surface area contributed by atoms with Crippen LogP contribution in [0.5, 0.6) is 0 Å². The van der Waals surface area contributed by atoms with Gasteiger partial charge in [-0.3, -0.25) is 14.4 Å². The molecular weight excluding hydrogens is 392 g/mol. The number of amides is 2. The molecule has 4 rings (SSSR count). The standard InChI is InChI=1S/C20H20N4O4S/c1-14(24-18(25)7-6-15(21-24)17-5-3-13-29-17)19(26)22-8-10-23(11-9-22)20(27)16-4-2-12-28-16/h2-7,12-14H,8-11H2,1H3. The van der Waals surface area contributed by atoms with Crippen molar-refractivity contribution in [3.63, 3.8) is 0 Å². The van der Waals surface area contributed by atoms with E-state index in [9.17, 15) is 14.4 Å². The lowest BCUT2D eigenvalue weighted by Gasteiger charge is -2.35. The van der Waals surface area contributed by atoms with E-state index in [0.29, 0.717) is 37.6 Å². The predicted octanol–water partition coefficient (Wildman–Crippen LogP) is 2.11. The summed E-state index contributed by atoms with van der Waals surface area (Å²) in [6, 6.07) is 9.50. The third kappa shape index (κ3) is 3.86. The molecule has 150 valence electrons. The molecule has 0 N–H and O–H groups in total. The van der Waals surface area contributed by atoms with Gasteiger partial charge in [-0.2, -0.15) is 5.10 Å². The van der Waals surface area contributed by atoms with Gasteiger partial charge in [0.1, 0.15) is 11.7 Å². The van der Waals surface area contributed by atoms with Gasteiger partial charge < -0.3 is 14.2 Å². The number of hydrogen-bond donors (Lipinski definition) is 0. The average molecular weight is 412 g/mol. The monoisotopic (exact) mass is 412 g/mol. The highest BCUT2D eigenvalue weighted by Crippen LogP contribution is 2.22. The minimum atomic E-state index is -0.727. The fourth-order valence-electron chi connectivity index (χ4n) is 3.31. The molecule has 8 nitrogen and oxygen atoms in total. The van der Waals surface area contributed by atoms with Crippen molar-refractivity contribution in [1.29, 1.82) is 0 Å². The van der Waals surface area contributed by atoms with E-state index in [0.717, 1.165) is 4.88 Å². The first-order valence-electron chi connectivity index (χ1n) is 9.30. The molecular formula is C20H20N4O4S. The van der Waals surface area contributed by atoms with Crippen LogP contribution in [-0.2, 0) is 4.79 Å². The molecule has 4 heterocycles. The molecule has 0 aliphatic carbocycles. The topological polar surface area (TPSA) is 88.7 Å². The summed E-state index contributed by atoms with van der Waals surface area (Å²) in [6.07, 6.45) is 1.46. The first kappa shape index (κ1) is 19.1. The lowest BCUT2D eigenvalue weighted by atomic mass is 10.2. The maximum absolute atomic E-state index is 13.0. The molecule has 1 atom stereocenters. The number of carbonyl (C=O) groups is 2. The van der Waals surface area contributed by atoms with Crippen molar-refractivity contribution in [2.75, 3.05) is 26.2 Å². The highest BCUT2D eigenvalue weighted by Gasteiger charge is 2.29. The molecule has 0 radical (unpaired) electrons. The van der Waals surface area contributed by atoms with Crippen molar-refractivity contribution in [2.45, 2.75) is 13.0 Å². The molecule has 3 aromatic rings. The van der Waals surface area contributed by atoms with Crippen molar-refractivity contribution in [3.8, 4) is 10.6 Å². The van der Waals surface area contributed by atoms with Crippen LogP contribution in [0.4, 0.5) is 0 Å². The molecule has 1 aliphatic rings. The van der Waals surface area contributed by atoms with Crippen LogP contribution in [0, 0.1) is 0 Å². The minimum Gasteiger partial charge on any atom is -0.459 e. The lowest BCUT2D eigenvalue weighted by Crippen LogP contribution is -2.52. The molecule has 1 saturated heterocycles. The van der Waals surface area contributed by atoms with Crippen LogP contribution in [0.3, 0.4) is 0 Å². The Hall–Kier alpha value is -3.20. The molecule has 1 aliphatic heterocycles. The van der Waals surface area contributed by atoms with Gasteiger partial charge in [-0.05, 0) is 36.6 Å². The van der Waals surface area contributed by atoms with E-state index in [1.54, 1.807) is 34.9 Å². The summed E-state index contributed by atoms with van der Waals surface area (Å²) in [4.78, 5) is 41.9. The summed E-state index contributed by atoms with van der Waals surface area (Å²) in [7, 11) is 0.